The fourth-order valence-electron chi connectivity index (χ4n) is 1.34. The van der Waals surface area contributed by atoms with Crippen LogP contribution in [0.15, 0.2) is 22.7 Å². The predicted octanol–water partition coefficient (Wildman–Crippen LogP) is 3.24. The Kier molecular flexibility index (Phi) is 5.41. The molecule has 1 unspecified atom stereocenters. The lowest BCUT2D eigenvalue weighted by Crippen LogP contribution is -2.43. The van der Waals surface area contributed by atoms with E-state index in [4.69, 9.17) is 16.7 Å². The van der Waals surface area contributed by atoms with Crippen molar-refractivity contribution in [3.63, 3.8) is 0 Å². The molecule has 0 radical (unpaired) electrons. The van der Waals surface area contributed by atoms with Crippen molar-refractivity contribution in [1.82, 2.24) is 5.32 Å². The number of rotatable bonds is 4. The van der Waals surface area contributed by atoms with Gasteiger partial charge in [-0.3, -0.25) is 4.79 Å². The van der Waals surface area contributed by atoms with Crippen molar-refractivity contribution in [1.29, 1.82) is 0 Å². The Morgan fingerprint density at radius 1 is 1.40 bits per heavy atom. The summed E-state index contributed by atoms with van der Waals surface area (Å²) in [6.07, 6.45) is -6.37. The standard InChI is InChI=1S/C11H8BrClF3NO3/c12-7-2-1-5(13)3-6(7)9(18)17-8(10(19)20)4-11(14,15)16/h1-3,8H,4H2,(H,17,18)(H,19,20). The number of benzene rings is 1. The molecule has 0 aliphatic heterocycles. The minimum absolute atomic E-state index is 0.0501. The first-order valence-corrected chi connectivity index (χ1v) is 6.32. The number of amides is 1. The van der Waals surface area contributed by atoms with E-state index in [2.05, 4.69) is 15.9 Å². The smallest absolute Gasteiger partial charge is 0.391 e. The van der Waals surface area contributed by atoms with Gasteiger partial charge < -0.3 is 10.4 Å². The molecule has 1 atom stereocenters. The van der Waals surface area contributed by atoms with Gasteiger partial charge in [0, 0.05) is 9.50 Å². The molecule has 20 heavy (non-hydrogen) atoms. The molecule has 0 heterocycles. The Morgan fingerprint density at radius 2 is 2.00 bits per heavy atom. The average molecular weight is 375 g/mol. The predicted molar refractivity (Wildman–Crippen MR) is 68.7 cm³/mol. The summed E-state index contributed by atoms with van der Waals surface area (Å²) in [5.41, 5.74) is -0.0501. The van der Waals surface area contributed by atoms with Gasteiger partial charge in [0.2, 0.25) is 0 Å². The van der Waals surface area contributed by atoms with Crippen LogP contribution in [-0.4, -0.2) is 29.2 Å². The molecule has 0 aliphatic carbocycles. The topological polar surface area (TPSA) is 66.4 Å². The maximum absolute atomic E-state index is 12.2. The summed E-state index contributed by atoms with van der Waals surface area (Å²) >= 11 is 8.70. The third-order valence-corrected chi connectivity index (χ3v) is 3.14. The summed E-state index contributed by atoms with van der Waals surface area (Å²) in [5.74, 6) is -2.73. The number of carbonyl (C=O) groups excluding carboxylic acids is 1. The molecule has 0 spiro atoms. The lowest BCUT2D eigenvalue weighted by atomic mass is 10.1. The van der Waals surface area contributed by atoms with Gasteiger partial charge in [0.15, 0.2) is 0 Å². The number of carbonyl (C=O) groups is 2. The minimum Gasteiger partial charge on any atom is -0.480 e. The summed E-state index contributed by atoms with van der Waals surface area (Å²) < 4.78 is 36.9. The van der Waals surface area contributed by atoms with Crippen LogP contribution in [-0.2, 0) is 4.79 Å². The minimum atomic E-state index is -4.71. The van der Waals surface area contributed by atoms with Gasteiger partial charge in [-0.15, -0.1) is 0 Å². The highest BCUT2D eigenvalue weighted by molar-refractivity contribution is 9.10. The van der Waals surface area contributed by atoms with E-state index in [9.17, 15) is 22.8 Å². The molecule has 1 amide bonds. The maximum atomic E-state index is 12.2. The van der Waals surface area contributed by atoms with Crippen molar-refractivity contribution < 1.29 is 27.9 Å². The first-order chi connectivity index (χ1) is 9.10. The molecule has 2 N–H and O–H groups in total. The zero-order valence-electron chi connectivity index (χ0n) is 9.67. The SMILES string of the molecule is O=C(NC(CC(F)(F)F)C(=O)O)c1cc(Cl)ccc1Br. The van der Waals surface area contributed by atoms with Crippen molar-refractivity contribution in [3.05, 3.63) is 33.3 Å². The molecule has 1 aromatic rings. The van der Waals surface area contributed by atoms with Crippen LogP contribution in [0.4, 0.5) is 13.2 Å². The Hall–Kier alpha value is -1.28. The van der Waals surface area contributed by atoms with Gasteiger partial charge in [0.05, 0.1) is 12.0 Å². The molecule has 0 fully saturated rings. The van der Waals surface area contributed by atoms with Crippen LogP contribution >= 0.6 is 27.5 Å². The molecule has 0 aromatic heterocycles. The number of nitrogens with one attached hydrogen (secondary N) is 1. The number of aliphatic carboxylic acids is 1. The molecule has 1 rings (SSSR count). The third kappa shape index (κ3) is 5.01. The van der Waals surface area contributed by atoms with E-state index in [1.807, 2.05) is 5.32 Å². The highest BCUT2D eigenvalue weighted by Gasteiger charge is 2.36. The average Bonchev–Trinajstić information content (AvgIpc) is 2.29. The number of carboxylic acids is 1. The lowest BCUT2D eigenvalue weighted by Gasteiger charge is -2.16. The van der Waals surface area contributed by atoms with E-state index in [0.29, 0.717) is 0 Å². The fraction of sp³-hybridized carbons (Fsp3) is 0.273. The molecule has 9 heteroatoms. The summed E-state index contributed by atoms with van der Waals surface area (Å²) in [7, 11) is 0. The molecule has 0 aliphatic rings. The second-order valence-corrected chi connectivity index (χ2v) is 5.10. The first kappa shape index (κ1) is 16.8. The Bertz CT molecular complexity index is 536. The van der Waals surface area contributed by atoms with Gasteiger partial charge in [-0.1, -0.05) is 11.6 Å². The fourth-order valence-corrected chi connectivity index (χ4v) is 1.94. The van der Waals surface area contributed by atoms with Crippen LogP contribution in [0.2, 0.25) is 5.02 Å². The van der Waals surface area contributed by atoms with Crippen LogP contribution in [0.3, 0.4) is 0 Å². The van der Waals surface area contributed by atoms with Crippen LogP contribution in [0.1, 0.15) is 16.8 Å². The van der Waals surface area contributed by atoms with Crippen LogP contribution in [0, 0.1) is 0 Å². The Morgan fingerprint density at radius 3 is 2.50 bits per heavy atom. The lowest BCUT2D eigenvalue weighted by molar-refractivity contribution is -0.157. The quantitative estimate of drug-likeness (QED) is 0.850. The largest absolute Gasteiger partial charge is 0.480 e. The van der Waals surface area contributed by atoms with Gasteiger partial charge in [-0.05, 0) is 34.1 Å². The Labute approximate surface area is 125 Å². The third-order valence-electron chi connectivity index (χ3n) is 2.21. The van der Waals surface area contributed by atoms with Crippen molar-refractivity contribution in [2.24, 2.45) is 0 Å². The normalized spacial score (nSPS) is 12.8. The van der Waals surface area contributed by atoms with E-state index in [1.165, 1.54) is 18.2 Å². The Balaban J connectivity index is 2.91. The molecule has 0 saturated heterocycles. The maximum Gasteiger partial charge on any atom is 0.391 e. The molecule has 4 nitrogen and oxygen atoms in total. The molecule has 110 valence electrons. The van der Waals surface area contributed by atoms with E-state index in [1.54, 1.807) is 0 Å². The number of halogens is 5. The second-order valence-electron chi connectivity index (χ2n) is 3.81. The number of alkyl halides is 3. The van der Waals surface area contributed by atoms with E-state index in [0.717, 1.165) is 0 Å². The second kappa shape index (κ2) is 6.45. The first-order valence-electron chi connectivity index (χ1n) is 5.15. The summed E-state index contributed by atoms with van der Waals surface area (Å²) in [5, 5.41) is 10.7. The van der Waals surface area contributed by atoms with Crippen LogP contribution in [0.25, 0.3) is 0 Å². The monoisotopic (exact) mass is 373 g/mol. The van der Waals surface area contributed by atoms with Crippen LogP contribution in [0.5, 0.6) is 0 Å². The molecular weight excluding hydrogens is 366 g/mol. The van der Waals surface area contributed by atoms with E-state index >= 15 is 0 Å². The summed E-state index contributed by atoms with van der Waals surface area (Å²) in [4.78, 5) is 22.5. The summed E-state index contributed by atoms with van der Waals surface area (Å²) in [6, 6.07) is 2.05. The van der Waals surface area contributed by atoms with Crippen molar-refractivity contribution in [3.8, 4) is 0 Å². The van der Waals surface area contributed by atoms with Crippen molar-refractivity contribution in [2.45, 2.75) is 18.6 Å². The highest BCUT2D eigenvalue weighted by atomic mass is 79.9. The molecular formula is C11H8BrClF3NO3. The molecule has 0 bridgehead atoms. The van der Waals surface area contributed by atoms with Gasteiger partial charge in [-0.2, -0.15) is 13.2 Å². The van der Waals surface area contributed by atoms with Gasteiger partial charge in [0.1, 0.15) is 6.04 Å². The van der Waals surface area contributed by atoms with Gasteiger partial charge in [0.25, 0.3) is 5.91 Å². The summed E-state index contributed by atoms with van der Waals surface area (Å²) in [6.45, 7) is 0. The van der Waals surface area contributed by atoms with Crippen molar-refractivity contribution in [2.75, 3.05) is 0 Å². The van der Waals surface area contributed by atoms with Gasteiger partial charge >= 0.3 is 12.1 Å². The zero-order valence-corrected chi connectivity index (χ0v) is 12.0. The number of carboxylic acid groups (broad SMARTS) is 1. The van der Waals surface area contributed by atoms with E-state index < -0.39 is 30.5 Å². The highest BCUT2D eigenvalue weighted by Crippen LogP contribution is 2.24. The zero-order chi connectivity index (χ0) is 15.5. The van der Waals surface area contributed by atoms with E-state index in [-0.39, 0.29) is 15.1 Å². The molecule has 1 aromatic carbocycles. The van der Waals surface area contributed by atoms with Gasteiger partial charge in [-0.25, -0.2) is 4.79 Å². The number of hydrogen-bond acceptors (Lipinski definition) is 2. The van der Waals surface area contributed by atoms with Crippen molar-refractivity contribution >= 4 is 39.4 Å². The number of hydrogen-bond donors (Lipinski definition) is 2. The van der Waals surface area contributed by atoms with Crippen LogP contribution < -0.4 is 5.32 Å². The molecule has 0 saturated carbocycles.